The molecule has 0 spiro atoms. The first-order valence-electron chi connectivity index (χ1n) is 6.51. The number of likely N-dealkylation sites (tertiary alicyclic amines) is 1. The number of carbonyl (C=O) groups is 1. The molecule has 1 aromatic carbocycles. The smallest absolute Gasteiger partial charge is 0.240 e. The van der Waals surface area contributed by atoms with E-state index in [0.717, 1.165) is 37.1 Å². The molecule has 0 aliphatic carbocycles. The Kier molecular flexibility index (Phi) is 4.37. The van der Waals surface area contributed by atoms with Crippen LogP contribution < -0.4 is 11.1 Å². The molecule has 1 aliphatic heterocycles. The fourth-order valence-electron chi connectivity index (χ4n) is 2.39. The Labute approximate surface area is 119 Å². The average Bonchev–Trinajstić information content (AvgIpc) is 2.38. The lowest BCUT2D eigenvalue weighted by Gasteiger charge is -2.35. The highest BCUT2D eigenvalue weighted by atomic mass is 32.1. The average molecular weight is 277 g/mol. The van der Waals surface area contributed by atoms with E-state index in [0.29, 0.717) is 5.11 Å². The van der Waals surface area contributed by atoms with E-state index in [9.17, 15) is 4.79 Å². The molecule has 1 saturated heterocycles. The zero-order valence-corrected chi connectivity index (χ0v) is 11.9. The van der Waals surface area contributed by atoms with Gasteiger partial charge in [0, 0.05) is 12.2 Å². The van der Waals surface area contributed by atoms with Crippen molar-refractivity contribution in [1.82, 2.24) is 4.90 Å². The lowest BCUT2D eigenvalue weighted by atomic mass is 10.0. The summed E-state index contributed by atoms with van der Waals surface area (Å²) in [6.07, 6.45) is 2.85. The minimum atomic E-state index is -0.298. The minimum absolute atomic E-state index is 0.279. The largest absolute Gasteiger partial charge is 0.368 e. The van der Waals surface area contributed by atoms with Gasteiger partial charge in [0.05, 0.1) is 0 Å². The predicted molar refractivity (Wildman–Crippen MR) is 80.9 cm³/mol. The number of rotatable bonds is 2. The summed E-state index contributed by atoms with van der Waals surface area (Å²) in [6.45, 7) is 2.81. The Morgan fingerprint density at radius 3 is 2.95 bits per heavy atom. The van der Waals surface area contributed by atoms with Crippen LogP contribution in [0.4, 0.5) is 5.69 Å². The normalized spacial score (nSPS) is 19.0. The van der Waals surface area contributed by atoms with Crippen molar-refractivity contribution in [3.05, 3.63) is 29.8 Å². The van der Waals surface area contributed by atoms with Crippen molar-refractivity contribution in [2.45, 2.75) is 32.2 Å². The second kappa shape index (κ2) is 6.02. The molecule has 0 aromatic heterocycles. The van der Waals surface area contributed by atoms with E-state index in [1.165, 1.54) is 0 Å². The first-order valence-corrected chi connectivity index (χ1v) is 6.92. The van der Waals surface area contributed by atoms with Gasteiger partial charge in [-0.25, -0.2) is 0 Å². The van der Waals surface area contributed by atoms with Crippen LogP contribution in [-0.2, 0) is 4.79 Å². The molecule has 1 fully saturated rings. The Hall–Kier alpha value is -1.62. The number of benzene rings is 1. The van der Waals surface area contributed by atoms with Gasteiger partial charge in [-0.2, -0.15) is 0 Å². The Morgan fingerprint density at radius 2 is 2.26 bits per heavy atom. The lowest BCUT2D eigenvalue weighted by Crippen LogP contribution is -2.51. The zero-order chi connectivity index (χ0) is 13.8. The SMILES string of the molecule is Cc1cccc(NC(=S)N2CCCCC2C(N)=O)c1. The third kappa shape index (κ3) is 3.44. The predicted octanol–water partition coefficient (Wildman–Crippen LogP) is 2.03. The molecule has 3 N–H and O–H groups in total. The standard InChI is InChI=1S/C14H19N3OS/c1-10-5-4-6-11(9-10)16-14(19)17-8-3-2-7-12(17)13(15)18/h4-6,9,12H,2-3,7-8H2,1H3,(H2,15,18)(H,16,19). The van der Waals surface area contributed by atoms with E-state index in [4.69, 9.17) is 18.0 Å². The van der Waals surface area contributed by atoms with Crippen LogP contribution in [0.5, 0.6) is 0 Å². The lowest BCUT2D eigenvalue weighted by molar-refractivity contribution is -0.122. The molecule has 1 amide bonds. The summed E-state index contributed by atoms with van der Waals surface area (Å²) in [5.41, 5.74) is 7.55. The van der Waals surface area contributed by atoms with E-state index < -0.39 is 0 Å². The monoisotopic (exact) mass is 277 g/mol. The third-order valence-corrected chi connectivity index (χ3v) is 3.70. The molecule has 19 heavy (non-hydrogen) atoms. The van der Waals surface area contributed by atoms with Gasteiger partial charge in [-0.3, -0.25) is 4.79 Å². The van der Waals surface area contributed by atoms with Crippen molar-refractivity contribution in [3.63, 3.8) is 0 Å². The van der Waals surface area contributed by atoms with Gasteiger partial charge in [0.1, 0.15) is 6.04 Å². The summed E-state index contributed by atoms with van der Waals surface area (Å²) in [5.74, 6) is -0.298. The number of nitrogens with zero attached hydrogens (tertiary/aromatic N) is 1. The number of hydrogen-bond donors (Lipinski definition) is 2. The third-order valence-electron chi connectivity index (χ3n) is 3.36. The maximum absolute atomic E-state index is 11.5. The highest BCUT2D eigenvalue weighted by Gasteiger charge is 2.28. The van der Waals surface area contributed by atoms with E-state index in [1.807, 2.05) is 36.1 Å². The van der Waals surface area contributed by atoms with Gasteiger partial charge in [0.15, 0.2) is 5.11 Å². The summed E-state index contributed by atoms with van der Waals surface area (Å²) < 4.78 is 0. The molecule has 0 saturated carbocycles. The molecule has 1 atom stereocenters. The Balaban J connectivity index is 2.07. The zero-order valence-electron chi connectivity index (χ0n) is 11.1. The molecule has 0 bridgehead atoms. The van der Waals surface area contributed by atoms with Crippen LogP contribution in [0.2, 0.25) is 0 Å². The summed E-state index contributed by atoms with van der Waals surface area (Å²) in [4.78, 5) is 13.4. The van der Waals surface area contributed by atoms with E-state index in [2.05, 4.69) is 5.32 Å². The number of nitrogens with two attached hydrogens (primary N) is 1. The van der Waals surface area contributed by atoms with Crippen molar-refractivity contribution in [2.24, 2.45) is 5.73 Å². The van der Waals surface area contributed by atoms with Crippen molar-refractivity contribution in [3.8, 4) is 0 Å². The van der Waals surface area contributed by atoms with E-state index >= 15 is 0 Å². The second-order valence-electron chi connectivity index (χ2n) is 4.91. The number of nitrogens with one attached hydrogen (secondary N) is 1. The molecule has 0 radical (unpaired) electrons. The fourth-order valence-corrected chi connectivity index (χ4v) is 2.72. The van der Waals surface area contributed by atoms with Crippen molar-refractivity contribution < 1.29 is 4.79 Å². The molecule has 1 heterocycles. The summed E-state index contributed by atoms with van der Waals surface area (Å²) >= 11 is 5.40. The first-order chi connectivity index (χ1) is 9.08. The number of primary amides is 1. The quantitative estimate of drug-likeness (QED) is 0.812. The van der Waals surface area contributed by atoms with E-state index in [-0.39, 0.29) is 11.9 Å². The van der Waals surface area contributed by atoms with Crippen LogP contribution in [0.3, 0.4) is 0 Å². The van der Waals surface area contributed by atoms with Gasteiger partial charge < -0.3 is 16.0 Å². The highest BCUT2D eigenvalue weighted by Crippen LogP contribution is 2.19. The number of piperidine rings is 1. The topological polar surface area (TPSA) is 58.4 Å². The molecular formula is C14H19N3OS. The molecule has 5 heteroatoms. The minimum Gasteiger partial charge on any atom is -0.368 e. The molecule has 102 valence electrons. The number of carbonyl (C=O) groups excluding carboxylic acids is 1. The second-order valence-corrected chi connectivity index (χ2v) is 5.29. The molecule has 1 aromatic rings. The molecule has 1 unspecified atom stereocenters. The summed E-state index contributed by atoms with van der Waals surface area (Å²) in [5, 5.41) is 3.76. The molecule has 2 rings (SSSR count). The van der Waals surface area contributed by atoms with Crippen LogP contribution >= 0.6 is 12.2 Å². The number of anilines is 1. The Bertz CT molecular complexity index is 489. The molecule has 1 aliphatic rings. The number of hydrogen-bond acceptors (Lipinski definition) is 2. The highest BCUT2D eigenvalue weighted by molar-refractivity contribution is 7.80. The first kappa shape index (κ1) is 13.8. The van der Waals surface area contributed by atoms with Gasteiger partial charge in [0.2, 0.25) is 5.91 Å². The van der Waals surface area contributed by atoms with Crippen LogP contribution in [0, 0.1) is 6.92 Å². The van der Waals surface area contributed by atoms with Crippen molar-refractivity contribution >= 4 is 28.9 Å². The molecule has 4 nitrogen and oxygen atoms in total. The van der Waals surface area contributed by atoms with Crippen molar-refractivity contribution in [1.29, 1.82) is 0 Å². The Morgan fingerprint density at radius 1 is 1.47 bits per heavy atom. The van der Waals surface area contributed by atoms with Gasteiger partial charge in [-0.1, -0.05) is 12.1 Å². The van der Waals surface area contributed by atoms with Crippen LogP contribution in [-0.4, -0.2) is 28.5 Å². The van der Waals surface area contributed by atoms with E-state index in [1.54, 1.807) is 0 Å². The van der Waals surface area contributed by atoms with Crippen molar-refractivity contribution in [2.75, 3.05) is 11.9 Å². The molecular weight excluding hydrogens is 258 g/mol. The van der Waals surface area contributed by atoms with Gasteiger partial charge in [-0.15, -0.1) is 0 Å². The van der Waals surface area contributed by atoms with Crippen LogP contribution in [0.15, 0.2) is 24.3 Å². The maximum atomic E-state index is 11.5. The van der Waals surface area contributed by atoms with Gasteiger partial charge in [0.25, 0.3) is 0 Å². The van der Waals surface area contributed by atoms with Crippen LogP contribution in [0.1, 0.15) is 24.8 Å². The van der Waals surface area contributed by atoms with Crippen LogP contribution in [0.25, 0.3) is 0 Å². The number of aryl methyl sites for hydroxylation is 1. The number of amides is 1. The van der Waals surface area contributed by atoms with Gasteiger partial charge in [-0.05, 0) is 56.1 Å². The maximum Gasteiger partial charge on any atom is 0.240 e. The summed E-state index contributed by atoms with van der Waals surface area (Å²) in [7, 11) is 0. The summed E-state index contributed by atoms with van der Waals surface area (Å²) in [6, 6.07) is 7.71. The fraction of sp³-hybridized carbons (Fsp3) is 0.429. The number of thiocarbonyl (C=S) groups is 1. The van der Waals surface area contributed by atoms with Gasteiger partial charge >= 0.3 is 0 Å².